The molecule has 2 aromatic carbocycles. The number of likely N-dealkylation sites (tertiary alicyclic amines) is 1. The maximum atomic E-state index is 6.16. The Bertz CT molecular complexity index is 1350. The molecule has 1 aliphatic rings. The summed E-state index contributed by atoms with van der Waals surface area (Å²) in [4.78, 5) is 16.1. The van der Waals surface area contributed by atoms with E-state index in [1.165, 1.54) is 19.2 Å². The Balaban J connectivity index is 1.36. The van der Waals surface area contributed by atoms with Crippen molar-refractivity contribution in [1.82, 2.24) is 19.9 Å². The number of piperidine rings is 1. The monoisotopic (exact) mass is 529 g/mol. The molecule has 35 heavy (non-hydrogen) atoms. The molecule has 7 nitrogen and oxygen atoms in total. The Morgan fingerprint density at radius 2 is 2.00 bits per heavy atom. The number of hydrogen-bond acceptors (Lipinski definition) is 8. The van der Waals surface area contributed by atoms with Gasteiger partial charge in [0.1, 0.15) is 23.8 Å². The summed E-state index contributed by atoms with van der Waals surface area (Å²) in [7, 11) is 3.79. The first-order valence-corrected chi connectivity index (χ1v) is 13.0. The van der Waals surface area contributed by atoms with Gasteiger partial charge in [0.05, 0.1) is 34.4 Å². The Morgan fingerprint density at radius 1 is 1.11 bits per heavy atom. The summed E-state index contributed by atoms with van der Waals surface area (Å²) in [5.74, 6) is 1.81. The van der Waals surface area contributed by atoms with E-state index in [1.807, 2.05) is 18.2 Å². The summed E-state index contributed by atoms with van der Waals surface area (Å²) in [6, 6.07) is 9.45. The van der Waals surface area contributed by atoms with E-state index in [0.29, 0.717) is 40.0 Å². The highest BCUT2D eigenvalue weighted by atomic mass is 35.5. The lowest BCUT2D eigenvalue weighted by molar-refractivity contribution is 0.186. The van der Waals surface area contributed by atoms with Gasteiger partial charge in [-0.1, -0.05) is 29.6 Å². The van der Waals surface area contributed by atoms with Crippen LogP contribution in [0.3, 0.4) is 0 Å². The second-order valence-corrected chi connectivity index (χ2v) is 10.2. The van der Waals surface area contributed by atoms with Crippen LogP contribution in [-0.2, 0) is 6.61 Å². The molecule has 0 bridgehead atoms. The molecular weight excluding hydrogens is 505 g/mol. The summed E-state index contributed by atoms with van der Waals surface area (Å²) in [5.41, 5.74) is 2.40. The second-order valence-electron chi connectivity index (χ2n) is 8.45. The number of aromatic nitrogens is 3. The number of ether oxygens (including phenoxy) is 2. The topological polar surface area (TPSA) is 72.4 Å². The molecule has 1 saturated heterocycles. The largest absolute Gasteiger partial charge is 0.493 e. The number of benzene rings is 2. The lowest BCUT2D eigenvalue weighted by Gasteiger charge is -2.30. The number of nitrogens with one attached hydrogen (secondary N) is 1. The van der Waals surface area contributed by atoms with Crippen molar-refractivity contribution in [3.05, 3.63) is 62.8 Å². The van der Waals surface area contributed by atoms with E-state index in [-0.39, 0.29) is 0 Å². The van der Waals surface area contributed by atoms with E-state index in [0.717, 1.165) is 40.3 Å². The van der Waals surface area contributed by atoms with Crippen molar-refractivity contribution in [1.29, 1.82) is 0 Å². The molecule has 10 heteroatoms. The van der Waals surface area contributed by atoms with Crippen LogP contribution < -0.4 is 14.8 Å². The molecule has 1 N–H and O–H groups in total. The maximum Gasteiger partial charge on any atom is 0.163 e. The van der Waals surface area contributed by atoms with Gasteiger partial charge in [-0.05, 0) is 50.7 Å². The molecule has 1 atom stereocenters. The van der Waals surface area contributed by atoms with E-state index in [4.69, 9.17) is 37.7 Å². The molecule has 4 aromatic rings. The molecule has 0 spiro atoms. The van der Waals surface area contributed by atoms with Crippen LogP contribution >= 0.6 is 34.5 Å². The third-order valence-corrected chi connectivity index (χ3v) is 7.84. The first-order valence-electron chi connectivity index (χ1n) is 11.3. The van der Waals surface area contributed by atoms with E-state index in [1.54, 1.807) is 30.6 Å². The molecule has 5 rings (SSSR count). The highest BCUT2D eigenvalue weighted by molar-refractivity contribution is 7.09. The van der Waals surface area contributed by atoms with Gasteiger partial charge in [-0.25, -0.2) is 15.0 Å². The molecule has 0 amide bonds. The number of halogens is 2. The minimum absolute atomic E-state index is 0.355. The predicted molar refractivity (Wildman–Crippen MR) is 142 cm³/mol. The number of anilines is 2. The van der Waals surface area contributed by atoms with Crippen molar-refractivity contribution < 1.29 is 9.47 Å². The van der Waals surface area contributed by atoms with E-state index >= 15 is 0 Å². The number of thiazole rings is 1. The molecule has 1 fully saturated rings. The quantitative estimate of drug-likeness (QED) is 0.279. The highest BCUT2D eigenvalue weighted by Gasteiger charge is 2.23. The van der Waals surface area contributed by atoms with Gasteiger partial charge in [0.15, 0.2) is 11.5 Å². The van der Waals surface area contributed by atoms with Crippen LogP contribution in [0.2, 0.25) is 10.0 Å². The Labute approximate surface area is 218 Å². The fourth-order valence-electron chi connectivity index (χ4n) is 4.23. The van der Waals surface area contributed by atoms with Gasteiger partial charge in [0.25, 0.3) is 0 Å². The van der Waals surface area contributed by atoms with Crippen LogP contribution in [0.15, 0.2) is 42.0 Å². The van der Waals surface area contributed by atoms with Crippen molar-refractivity contribution >= 4 is 56.9 Å². The summed E-state index contributed by atoms with van der Waals surface area (Å²) < 4.78 is 11.8. The average Bonchev–Trinajstić information content (AvgIpc) is 3.33. The molecule has 0 aliphatic carbocycles. The van der Waals surface area contributed by atoms with Gasteiger partial charge in [-0.2, -0.15) is 0 Å². The predicted octanol–water partition coefficient (Wildman–Crippen LogP) is 6.88. The van der Waals surface area contributed by atoms with Crippen LogP contribution in [0.5, 0.6) is 11.5 Å². The zero-order chi connectivity index (χ0) is 24.4. The van der Waals surface area contributed by atoms with Gasteiger partial charge < -0.3 is 14.8 Å². The Morgan fingerprint density at radius 3 is 2.80 bits per heavy atom. The van der Waals surface area contributed by atoms with Crippen LogP contribution in [0.25, 0.3) is 10.9 Å². The highest BCUT2D eigenvalue weighted by Crippen LogP contribution is 2.36. The zero-order valence-corrected chi connectivity index (χ0v) is 21.8. The zero-order valence-electron chi connectivity index (χ0n) is 19.4. The molecule has 2 aromatic heterocycles. The minimum atomic E-state index is 0.355. The second kappa shape index (κ2) is 10.5. The molecule has 182 valence electrons. The molecule has 0 radical (unpaired) electrons. The minimum Gasteiger partial charge on any atom is -0.493 e. The van der Waals surface area contributed by atoms with Crippen LogP contribution in [0.4, 0.5) is 11.5 Å². The first-order chi connectivity index (χ1) is 17.0. The third kappa shape index (κ3) is 5.30. The summed E-state index contributed by atoms with van der Waals surface area (Å²) in [6.45, 7) is 1.47. The SMILES string of the molecule is COc1cc2c(Nc3ccc(Cl)c(Cl)c3)ncnc2cc1OCc1csc(C2CCCCN2C)n1. The molecular formula is C25H25Cl2N5O2S. The van der Waals surface area contributed by atoms with Crippen molar-refractivity contribution in [2.24, 2.45) is 0 Å². The van der Waals surface area contributed by atoms with Gasteiger partial charge in [-0.15, -0.1) is 11.3 Å². The van der Waals surface area contributed by atoms with Crippen LogP contribution in [0.1, 0.15) is 36.0 Å². The fourth-order valence-corrected chi connectivity index (χ4v) is 5.53. The van der Waals surface area contributed by atoms with Crippen molar-refractivity contribution in [3.63, 3.8) is 0 Å². The average molecular weight is 530 g/mol. The van der Waals surface area contributed by atoms with Gasteiger partial charge in [0, 0.05) is 22.5 Å². The molecule has 1 unspecified atom stereocenters. The fraction of sp³-hybridized carbons (Fsp3) is 0.320. The van der Waals surface area contributed by atoms with E-state index < -0.39 is 0 Å². The first kappa shape index (κ1) is 24.1. The number of hydrogen-bond donors (Lipinski definition) is 1. The van der Waals surface area contributed by atoms with E-state index in [9.17, 15) is 0 Å². The van der Waals surface area contributed by atoms with Gasteiger partial charge in [-0.3, -0.25) is 4.90 Å². The number of nitrogens with zero attached hydrogens (tertiary/aromatic N) is 4. The molecule has 0 saturated carbocycles. The Hall–Kier alpha value is -2.65. The van der Waals surface area contributed by atoms with Crippen LogP contribution in [-0.4, -0.2) is 40.6 Å². The standard InChI is InChI=1S/C25H25Cl2N5O2S/c1-32-8-4-3-5-21(32)25-31-16(13-35-25)12-34-23-11-20-17(10-22(23)33-2)24(29-14-28-20)30-15-6-7-18(26)19(27)9-15/h6-7,9-11,13-14,21H,3-5,8,12H2,1-2H3,(H,28,29,30). The summed E-state index contributed by atoms with van der Waals surface area (Å²) in [6.07, 6.45) is 5.16. The Kier molecular flexibility index (Phi) is 7.24. The van der Waals surface area contributed by atoms with Crippen LogP contribution in [0, 0.1) is 0 Å². The number of methoxy groups -OCH3 is 1. The third-order valence-electron chi connectivity index (χ3n) is 6.10. The summed E-state index contributed by atoms with van der Waals surface area (Å²) >= 11 is 13.9. The van der Waals surface area contributed by atoms with E-state index in [2.05, 4.69) is 32.6 Å². The number of rotatable bonds is 7. The lowest BCUT2D eigenvalue weighted by atomic mass is 10.0. The lowest BCUT2D eigenvalue weighted by Crippen LogP contribution is -2.29. The maximum absolute atomic E-state index is 6.16. The normalized spacial score (nSPS) is 16.4. The van der Waals surface area contributed by atoms with Crippen molar-refractivity contribution in [3.8, 4) is 11.5 Å². The van der Waals surface area contributed by atoms with Crippen molar-refractivity contribution in [2.45, 2.75) is 31.9 Å². The molecule has 1 aliphatic heterocycles. The summed E-state index contributed by atoms with van der Waals surface area (Å²) in [5, 5.41) is 8.25. The smallest absolute Gasteiger partial charge is 0.163 e. The van der Waals surface area contributed by atoms with Gasteiger partial charge >= 0.3 is 0 Å². The van der Waals surface area contributed by atoms with Gasteiger partial charge in [0.2, 0.25) is 0 Å². The number of fused-ring (bicyclic) bond motifs is 1. The molecule has 3 heterocycles. The van der Waals surface area contributed by atoms with Crippen molar-refractivity contribution in [2.75, 3.05) is 26.0 Å².